The molecule has 4 heteroatoms. The molecule has 1 fully saturated rings. The third kappa shape index (κ3) is 4.67. The van der Waals surface area contributed by atoms with Gasteiger partial charge >= 0.3 is 5.97 Å². The first kappa shape index (κ1) is 15.0. The number of nitrogens with one attached hydrogen (secondary N) is 1. The Kier molecular flexibility index (Phi) is 6.16. The third-order valence-corrected chi connectivity index (χ3v) is 3.91. The van der Waals surface area contributed by atoms with Gasteiger partial charge in [0.15, 0.2) is 0 Å². The van der Waals surface area contributed by atoms with E-state index in [4.69, 9.17) is 5.11 Å². The van der Waals surface area contributed by atoms with Gasteiger partial charge in [0.05, 0.1) is 0 Å². The number of amides is 1. The first-order chi connectivity index (χ1) is 8.54. The minimum atomic E-state index is -0.972. The molecule has 1 unspecified atom stereocenters. The van der Waals surface area contributed by atoms with Gasteiger partial charge in [0.1, 0.15) is 6.04 Å². The van der Waals surface area contributed by atoms with E-state index in [1.807, 2.05) is 0 Å². The van der Waals surface area contributed by atoms with Crippen molar-refractivity contribution < 1.29 is 14.7 Å². The van der Waals surface area contributed by atoms with Crippen LogP contribution in [0.5, 0.6) is 0 Å². The number of aliphatic carboxylic acids is 1. The lowest BCUT2D eigenvalue weighted by Crippen LogP contribution is -2.42. The van der Waals surface area contributed by atoms with Gasteiger partial charge in [-0.3, -0.25) is 9.59 Å². The van der Waals surface area contributed by atoms with Crippen molar-refractivity contribution in [2.24, 2.45) is 11.8 Å². The SMILES string of the molecule is CCCCC1CCC(C(=O)NC(C)C(=O)O)CC1. The van der Waals surface area contributed by atoms with Crippen molar-refractivity contribution in [1.29, 1.82) is 0 Å². The molecule has 2 N–H and O–H groups in total. The van der Waals surface area contributed by atoms with Gasteiger partial charge < -0.3 is 10.4 Å². The predicted molar refractivity (Wildman–Crippen MR) is 70.2 cm³/mol. The Balaban J connectivity index is 2.29. The Bertz CT molecular complexity index is 283. The van der Waals surface area contributed by atoms with Crippen molar-refractivity contribution in [3.8, 4) is 0 Å². The number of carbonyl (C=O) groups is 2. The molecule has 1 atom stereocenters. The Morgan fingerprint density at radius 2 is 1.89 bits per heavy atom. The zero-order valence-corrected chi connectivity index (χ0v) is 11.4. The maximum atomic E-state index is 11.9. The zero-order valence-electron chi connectivity index (χ0n) is 11.4. The highest BCUT2D eigenvalue weighted by Crippen LogP contribution is 2.31. The molecule has 1 saturated carbocycles. The molecule has 0 aromatic rings. The van der Waals surface area contributed by atoms with Crippen LogP contribution in [0, 0.1) is 11.8 Å². The van der Waals surface area contributed by atoms with Crippen molar-refractivity contribution in [3.63, 3.8) is 0 Å². The Hall–Kier alpha value is -1.06. The number of carboxylic acids is 1. The van der Waals surface area contributed by atoms with Crippen LogP contribution < -0.4 is 5.32 Å². The lowest BCUT2D eigenvalue weighted by atomic mass is 9.79. The normalized spacial score (nSPS) is 25.4. The lowest BCUT2D eigenvalue weighted by molar-refractivity contribution is -0.142. The van der Waals surface area contributed by atoms with Crippen molar-refractivity contribution >= 4 is 11.9 Å². The molecule has 1 aliphatic carbocycles. The third-order valence-electron chi connectivity index (χ3n) is 3.91. The second kappa shape index (κ2) is 7.39. The van der Waals surface area contributed by atoms with E-state index in [2.05, 4.69) is 12.2 Å². The first-order valence-electron chi connectivity index (χ1n) is 7.07. The summed E-state index contributed by atoms with van der Waals surface area (Å²) in [5.41, 5.74) is 0. The quantitative estimate of drug-likeness (QED) is 0.766. The second-order valence-corrected chi connectivity index (χ2v) is 5.43. The van der Waals surface area contributed by atoms with Gasteiger partial charge in [-0.2, -0.15) is 0 Å². The van der Waals surface area contributed by atoms with Gasteiger partial charge in [-0.1, -0.05) is 26.2 Å². The molecule has 1 aliphatic rings. The van der Waals surface area contributed by atoms with Crippen LogP contribution in [0.2, 0.25) is 0 Å². The van der Waals surface area contributed by atoms with Crippen molar-refractivity contribution in [1.82, 2.24) is 5.32 Å². The number of hydrogen-bond donors (Lipinski definition) is 2. The molecule has 0 bridgehead atoms. The maximum Gasteiger partial charge on any atom is 0.325 e. The molecular formula is C14H25NO3. The highest BCUT2D eigenvalue weighted by molar-refractivity contribution is 5.84. The van der Waals surface area contributed by atoms with Gasteiger partial charge in [-0.15, -0.1) is 0 Å². The van der Waals surface area contributed by atoms with E-state index in [1.54, 1.807) is 0 Å². The Morgan fingerprint density at radius 1 is 1.28 bits per heavy atom. The highest BCUT2D eigenvalue weighted by atomic mass is 16.4. The van der Waals surface area contributed by atoms with E-state index in [-0.39, 0.29) is 11.8 Å². The predicted octanol–water partition coefficient (Wildman–Crippen LogP) is 2.57. The van der Waals surface area contributed by atoms with E-state index < -0.39 is 12.0 Å². The van der Waals surface area contributed by atoms with Gasteiger partial charge in [0.2, 0.25) is 5.91 Å². The smallest absolute Gasteiger partial charge is 0.325 e. The summed E-state index contributed by atoms with van der Waals surface area (Å²) >= 11 is 0. The fraction of sp³-hybridized carbons (Fsp3) is 0.857. The van der Waals surface area contributed by atoms with Crippen LogP contribution in [0.25, 0.3) is 0 Å². The number of carboxylic acid groups (broad SMARTS) is 1. The molecule has 0 radical (unpaired) electrons. The Morgan fingerprint density at radius 3 is 2.39 bits per heavy atom. The van der Waals surface area contributed by atoms with Crippen LogP contribution in [0.3, 0.4) is 0 Å². The van der Waals surface area contributed by atoms with E-state index >= 15 is 0 Å². The van der Waals surface area contributed by atoms with Crippen LogP contribution in [-0.2, 0) is 9.59 Å². The monoisotopic (exact) mass is 255 g/mol. The van der Waals surface area contributed by atoms with Crippen LogP contribution in [0.4, 0.5) is 0 Å². The summed E-state index contributed by atoms with van der Waals surface area (Å²) in [6.07, 6.45) is 7.82. The fourth-order valence-electron chi connectivity index (χ4n) is 2.60. The lowest BCUT2D eigenvalue weighted by Gasteiger charge is -2.28. The van der Waals surface area contributed by atoms with E-state index in [0.29, 0.717) is 0 Å². The summed E-state index contributed by atoms with van der Waals surface area (Å²) in [4.78, 5) is 22.5. The number of rotatable bonds is 6. The fourth-order valence-corrected chi connectivity index (χ4v) is 2.60. The molecule has 1 rings (SSSR count). The largest absolute Gasteiger partial charge is 0.480 e. The molecule has 1 amide bonds. The molecule has 0 aromatic carbocycles. The molecule has 0 spiro atoms. The summed E-state index contributed by atoms with van der Waals surface area (Å²) in [5.74, 6) is -0.269. The minimum Gasteiger partial charge on any atom is -0.480 e. The van der Waals surface area contributed by atoms with Gasteiger partial charge in [-0.25, -0.2) is 0 Å². The zero-order chi connectivity index (χ0) is 13.5. The average molecular weight is 255 g/mol. The van der Waals surface area contributed by atoms with Gasteiger partial charge in [0.25, 0.3) is 0 Å². The summed E-state index contributed by atoms with van der Waals surface area (Å²) in [6, 6.07) is -0.782. The van der Waals surface area contributed by atoms with Crippen molar-refractivity contribution in [2.45, 2.75) is 64.8 Å². The Labute approximate surface area is 109 Å². The van der Waals surface area contributed by atoms with E-state index in [9.17, 15) is 9.59 Å². The summed E-state index contributed by atoms with van der Waals surface area (Å²) in [5, 5.41) is 11.3. The molecule has 0 saturated heterocycles. The van der Waals surface area contributed by atoms with Crippen LogP contribution >= 0.6 is 0 Å². The molecule has 0 aliphatic heterocycles. The van der Waals surface area contributed by atoms with Crippen molar-refractivity contribution in [2.75, 3.05) is 0 Å². The van der Waals surface area contributed by atoms with Gasteiger partial charge in [0, 0.05) is 5.92 Å². The van der Waals surface area contributed by atoms with E-state index in [1.165, 1.54) is 26.2 Å². The maximum absolute atomic E-state index is 11.9. The van der Waals surface area contributed by atoms with Crippen LogP contribution in [0.1, 0.15) is 58.8 Å². The molecule has 18 heavy (non-hydrogen) atoms. The molecule has 104 valence electrons. The minimum absolute atomic E-state index is 0.0182. The van der Waals surface area contributed by atoms with Crippen LogP contribution in [0.15, 0.2) is 0 Å². The average Bonchev–Trinajstić information content (AvgIpc) is 2.36. The molecule has 0 heterocycles. The summed E-state index contributed by atoms with van der Waals surface area (Å²) < 4.78 is 0. The molecule has 0 aromatic heterocycles. The number of unbranched alkanes of at least 4 members (excludes halogenated alkanes) is 1. The van der Waals surface area contributed by atoms with Crippen molar-refractivity contribution in [3.05, 3.63) is 0 Å². The first-order valence-corrected chi connectivity index (χ1v) is 7.07. The summed E-state index contributed by atoms with van der Waals surface area (Å²) in [6.45, 7) is 3.71. The molecular weight excluding hydrogens is 230 g/mol. The number of hydrogen-bond acceptors (Lipinski definition) is 2. The topological polar surface area (TPSA) is 66.4 Å². The molecule has 4 nitrogen and oxygen atoms in total. The van der Waals surface area contributed by atoms with Crippen LogP contribution in [-0.4, -0.2) is 23.0 Å². The van der Waals surface area contributed by atoms with Gasteiger partial charge in [-0.05, 0) is 38.5 Å². The second-order valence-electron chi connectivity index (χ2n) is 5.43. The highest BCUT2D eigenvalue weighted by Gasteiger charge is 2.27. The standard InChI is InChI=1S/C14H25NO3/c1-3-4-5-11-6-8-12(9-7-11)13(16)15-10(2)14(17)18/h10-12H,3-9H2,1-2H3,(H,15,16)(H,17,18). The number of carbonyl (C=O) groups excluding carboxylic acids is 1. The van der Waals surface area contributed by atoms with E-state index in [0.717, 1.165) is 31.6 Å². The summed E-state index contributed by atoms with van der Waals surface area (Å²) in [7, 11) is 0.